The molecule has 1 aliphatic heterocycles. The maximum Gasteiger partial charge on any atom is 0.307 e. The summed E-state index contributed by atoms with van der Waals surface area (Å²) in [4.78, 5) is 53.6. The second-order valence-electron chi connectivity index (χ2n) is 7.06. The summed E-state index contributed by atoms with van der Waals surface area (Å²) >= 11 is 0. The van der Waals surface area contributed by atoms with E-state index in [4.69, 9.17) is 4.74 Å². The maximum absolute atomic E-state index is 12.7. The van der Waals surface area contributed by atoms with Gasteiger partial charge in [0, 0.05) is 36.8 Å². The van der Waals surface area contributed by atoms with Crippen LogP contribution in [0.1, 0.15) is 29.6 Å². The Morgan fingerprint density at radius 1 is 1.30 bits per heavy atom. The zero-order valence-electron chi connectivity index (χ0n) is 16.8. The van der Waals surface area contributed by atoms with Crippen LogP contribution in [-0.4, -0.2) is 67.1 Å². The van der Waals surface area contributed by atoms with Gasteiger partial charge >= 0.3 is 5.97 Å². The molecule has 0 spiro atoms. The number of fused-ring (bicyclic) bond motifs is 1. The lowest BCUT2D eigenvalue weighted by Crippen LogP contribution is -2.44. The number of hydrogen-bond donors (Lipinski definition) is 2. The van der Waals surface area contributed by atoms with E-state index >= 15 is 0 Å². The van der Waals surface area contributed by atoms with Crippen LogP contribution in [0.2, 0.25) is 0 Å². The first-order valence-corrected chi connectivity index (χ1v) is 9.84. The molecule has 9 nitrogen and oxygen atoms in total. The van der Waals surface area contributed by atoms with Gasteiger partial charge in [0.1, 0.15) is 5.56 Å². The van der Waals surface area contributed by atoms with Gasteiger partial charge in [0.25, 0.3) is 5.91 Å². The molecule has 1 aromatic heterocycles. The quantitative estimate of drug-likeness (QED) is 0.617. The summed E-state index contributed by atoms with van der Waals surface area (Å²) in [7, 11) is 1.29. The Bertz CT molecular complexity index is 980. The summed E-state index contributed by atoms with van der Waals surface area (Å²) in [6.07, 6.45) is 3.05. The van der Waals surface area contributed by atoms with Crippen molar-refractivity contribution in [2.24, 2.45) is 0 Å². The average molecular weight is 415 g/mol. The fourth-order valence-corrected chi connectivity index (χ4v) is 3.38. The van der Waals surface area contributed by atoms with Gasteiger partial charge in [0.05, 0.1) is 26.2 Å². The number of aromatic amines is 1. The van der Waals surface area contributed by atoms with Crippen molar-refractivity contribution in [3.8, 4) is 0 Å². The molecular formula is C21H25N3O6. The highest BCUT2D eigenvalue weighted by Crippen LogP contribution is 2.14. The van der Waals surface area contributed by atoms with E-state index < -0.39 is 17.3 Å². The molecule has 30 heavy (non-hydrogen) atoms. The van der Waals surface area contributed by atoms with Gasteiger partial charge in [-0.2, -0.15) is 0 Å². The Morgan fingerprint density at radius 3 is 2.83 bits per heavy atom. The molecule has 2 amide bonds. The number of benzene rings is 1. The second kappa shape index (κ2) is 10.0. The molecule has 2 aromatic rings. The van der Waals surface area contributed by atoms with Gasteiger partial charge in [0.2, 0.25) is 11.3 Å². The molecule has 0 bridgehead atoms. The van der Waals surface area contributed by atoms with Crippen LogP contribution in [0, 0.1) is 0 Å². The molecule has 1 aliphatic rings. The van der Waals surface area contributed by atoms with Gasteiger partial charge in [-0.25, -0.2) is 0 Å². The van der Waals surface area contributed by atoms with Gasteiger partial charge in [-0.15, -0.1) is 0 Å². The Labute approximate surface area is 173 Å². The highest BCUT2D eigenvalue weighted by atomic mass is 16.5. The lowest BCUT2D eigenvalue weighted by atomic mass is 10.1. The zero-order chi connectivity index (χ0) is 21.5. The number of aromatic nitrogens is 1. The van der Waals surface area contributed by atoms with Crippen LogP contribution in [0.15, 0.2) is 35.3 Å². The summed E-state index contributed by atoms with van der Waals surface area (Å²) in [5.74, 6) is -1.42. The molecule has 1 aromatic carbocycles. The van der Waals surface area contributed by atoms with E-state index in [9.17, 15) is 19.2 Å². The lowest BCUT2D eigenvalue weighted by molar-refractivity contribution is -0.142. The molecule has 0 aliphatic carbocycles. The number of methoxy groups -OCH3 is 1. The Morgan fingerprint density at radius 2 is 2.10 bits per heavy atom. The minimum atomic E-state index is -0.639. The van der Waals surface area contributed by atoms with Crippen LogP contribution < -0.4 is 10.7 Å². The molecule has 1 atom stereocenters. The third-order valence-electron chi connectivity index (χ3n) is 5.05. The number of hydrogen-bond acceptors (Lipinski definition) is 6. The predicted molar refractivity (Wildman–Crippen MR) is 109 cm³/mol. The van der Waals surface area contributed by atoms with E-state index in [1.807, 2.05) is 0 Å². The highest BCUT2D eigenvalue weighted by Gasteiger charge is 2.24. The van der Waals surface area contributed by atoms with Crippen molar-refractivity contribution in [1.82, 2.24) is 15.2 Å². The van der Waals surface area contributed by atoms with E-state index in [1.165, 1.54) is 18.2 Å². The van der Waals surface area contributed by atoms with Crippen molar-refractivity contribution < 1.29 is 23.9 Å². The first-order chi connectivity index (χ1) is 14.5. The SMILES string of the molecule is COC(=O)CCN(CC1CCCO1)C(=O)CNC(=O)c1c[nH]c2ccccc2c1=O. The highest BCUT2D eigenvalue weighted by molar-refractivity contribution is 5.98. The number of para-hydroxylation sites is 1. The maximum atomic E-state index is 12.7. The molecule has 3 rings (SSSR count). The van der Waals surface area contributed by atoms with Gasteiger partial charge < -0.3 is 24.7 Å². The number of amides is 2. The first-order valence-electron chi connectivity index (χ1n) is 9.84. The number of ether oxygens (including phenoxy) is 2. The minimum absolute atomic E-state index is 0.0489. The van der Waals surface area contributed by atoms with Crippen LogP contribution in [0.3, 0.4) is 0 Å². The Balaban J connectivity index is 1.64. The van der Waals surface area contributed by atoms with Crippen molar-refractivity contribution in [2.75, 3.05) is 33.4 Å². The monoisotopic (exact) mass is 415 g/mol. The lowest BCUT2D eigenvalue weighted by Gasteiger charge is -2.25. The number of pyridine rings is 1. The fraction of sp³-hybridized carbons (Fsp3) is 0.429. The molecule has 9 heteroatoms. The van der Waals surface area contributed by atoms with Crippen LogP contribution in [0.4, 0.5) is 0 Å². The number of carbonyl (C=O) groups is 3. The number of nitrogens with zero attached hydrogens (tertiary/aromatic N) is 1. The molecule has 2 heterocycles. The summed E-state index contributed by atoms with van der Waals surface area (Å²) in [6.45, 7) is 0.851. The van der Waals surface area contributed by atoms with E-state index in [-0.39, 0.29) is 37.1 Å². The Kier molecular flexibility index (Phi) is 7.18. The number of esters is 1. The standard InChI is InChI=1S/C21H25N3O6/c1-29-19(26)8-9-24(13-14-5-4-10-30-14)18(25)12-23-21(28)16-11-22-17-7-3-2-6-15(17)20(16)27/h2-3,6-7,11,14H,4-5,8-10,12-13H2,1H3,(H,22,27)(H,23,28). The van der Waals surface area contributed by atoms with Gasteiger partial charge in [0.15, 0.2) is 0 Å². The largest absolute Gasteiger partial charge is 0.469 e. The summed E-state index contributed by atoms with van der Waals surface area (Å²) < 4.78 is 10.2. The van der Waals surface area contributed by atoms with Crippen molar-refractivity contribution >= 4 is 28.7 Å². The van der Waals surface area contributed by atoms with E-state index in [0.29, 0.717) is 24.1 Å². The van der Waals surface area contributed by atoms with Crippen molar-refractivity contribution in [3.63, 3.8) is 0 Å². The van der Waals surface area contributed by atoms with E-state index in [1.54, 1.807) is 24.3 Å². The number of H-pyrrole nitrogens is 1. The van der Waals surface area contributed by atoms with E-state index in [0.717, 1.165) is 12.8 Å². The molecule has 0 radical (unpaired) electrons. The second-order valence-corrected chi connectivity index (χ2v) is 7.06. The van der Waals surface area contributed by atoms with Crippen molar-refractivity contribution in [1.29, 1.82) is 0 Å². The van der Waals surface area contributed by atoms with Gasteiger partial charge in [-0.1, -0.05) is 12.1 Å². The number of rotatable bonds is 8. The minimum Gasteiger partial charge on any atom is -0.469 e. The molecular weight excluding hydrogens is 390 g/mol. The average Bonchev–Trinajstić information content (AvgIpc) is 3.28. The summed E-state index contributed by atoms with van der Waals surface area (Å²) in [6, 6.07) is 6.87. The zero-order valence-corrected chi connectivity index (χ0v) is 16.8. The molecule has 160 valence electrons. The first kappa shape index (κ1) is 21.5. The van der Waals surface area contributed by atoms with Crippen molar-refractivity contribution in [2.45, 2.75) is 25.4 Å². The van der Waals surface area contributed by atoms with E-state index in [2.05, 4.69) is 15.0 Å². The number of carbonyl (C=O) groups excluding carboxylic acids is 3. The normalized spacial score (nSPS) is 15.7. The molecule has 2 N–H and O–H groups in total. The smallest absolute Gasteiger partial charge is 0.307 e. The molecule has 0 saturated carbocycles. The van der Waals surface area contributed by atoms with Crippen LogP contribution in [0.25, 0.3) is 10.9 Å². The summed E-state index contributed by atoms with van der Waals surface area (Å²) in [5, 5.41) is 2.90. The predicted octanol–water partition coefficient (Wildman–Crippen LogP) is 0.829. The van der Waals surface area contributed by atoms with Crippen LogP contribution in [0.5, 0.6) is 0 Å². The Hall–Kier alpha value is -3.20. The number of nitrogens with one attached hydrogen (secondary N) is 2. The van der Waals surface area contributed by atoms with Gasteiger partial charge in [-0.3, -0.25) is 19.2 Å². The molecule has 1 unspecified atom stereocenters. The van der Waals surface area contributed by atoms with Crippen molar-refractivity contribution in [3.05, 3.63) is 46.2 Å². The summed E-state index contributed by atoms with van der Waals surface area (Å²) in [5.41, 5.74) is 0.151. The molecule has 1 fully saturated rings. The third kappa shape index (κ3) is 5.24. The van der Waals surface area contributed by atoms with Crippen LogP contribution in [-0.2, 0) is 19.1 Å². The van der Waals surface area contributed by atoms with Gasteiger partial charge in [-0.05, 0) is 25.0 Å². The fourth-order valence-electron chi connectivity index (χ4n) is 3.38. The van der Waals surface area contributed by atoms with Crippen LogP contribution >= 0.6 is 0 Å². The topological polar surface area (TPSA) is 118 Å². The molecule has 1 saturated heterocycles. The third-order valence-corrected chi connectivity index (χ3v) is 5.05.